The zero-order chi connectivity index (χ0) is 23.8. The smallest absolute Gasteiger partial charge is 0.229 e. The standard InChI is InChI=1S/C21H22N6O4S2/c1-14-7-8-16(12-19(14)26-33(3,30)31)23-20-9-10-27-21(24-20)18(13-22-27)15-5-4-6-17(11-15)25-32(2,28)29/h4-13,25-26H,1-3H3,(H,23,24). The Morgan fingerprint density at radius 3 is 2.36 bits per heavy atom. The second kappa shape index (κ2) is 8.37. The first-order valence-corrected chi connectivity index (χ1v) is 13.5. The summed E-state index contributed by atoms with van der Waals surface area (Å²) in [7, 11) is -6.81. The number of sulfonamides is 2. The van der Waals surface area contributed by atoms with Crippen LogP contribution in [0.1, 0.15) is 5.56 Å². The minimum atomic E-state index is -3.41. The van der Waals surface area contributed by atoms with E-state index in [1.807, 2.05) is 19.1 Å². The summed E-state index contributed by atoms with van der Waals surface area (Å²) in [5.41, 5.74) is 4.40. The molecule has 0 aliphatic rings. The van der Waals surface area contributed by atoms with Gasteiger partial charge in [0.2, 0.25) is 20.0 Å². The maximum atomic E-state index is 11.6. The molecule has 0 amide bonds. The fraction of sp³-hybridized carbons (Fsp3) is 0.143. The van der Waals surface area contributed by atoms with Crippen LogP contribution in [0, 0.1) is 6.92 Å². The molecule has 4 aromatic rings. The van der Waals surface area contributed by atoms with Crippen molar-refractivity contribution in [3.63, 3.8) is 0 Å². The van der Waals surface area contributed by atoms with Gasteiger partial charge in [0.1, 0.15) is 5.82 Å². The molecule has 2 heterocycles. The van der Waals surface area contributed by atoms with E-state index in [0.29, 0.717) is 28.5 Å². The fourth-order valence-electron chi connectivity index (χ4n) is 3.26. The Morgan fingerprint density at radius 2 is 1.64 bits per heavy atom. The molecule has 2 aromatic heterocycles. The first kappa shape index (κ1) is 22.6. The Morgan fingerprint density at radius 1 is 0.879 bits per heavy atom. The van der Waals surface area contributed by atoms with Gasteiger partial charge in [-0.1, -0.05) is 18.2 Å². The second-order valence-corrected chi connectivity index (χ2v) is 11.1. The van der Waals surface area contributed by atoms with E-state index in [1.54, 1.807) is 53.3 Å². The van der Waals surface area contributed by atoms with Crippen molar-refractivity contribution in [1.29, 1.82) is 0 Å². The number of rotatable bonds is 7. The average Bonchev–Trinajstić information content (AvgIpc) is 3.12. The minimum absolute atomic E-state index is 0.439. The summed E-state index contributed by atoms with van der Waals surface area (Å²) in [4.78, 5) is 4.65. The summed E-state index contributed by atoms with van der Waals surface area (Å²) in [6.45, 7) is 1.81. The van der Waals surface area contributed by atoms with E-state index in [4.69, 9.17) is 0 Å². The molecule has 0 unspecified atom stereocenters. The summed E-state index contributed by atoms with van der Waals surface area (Å²) >= 11 is 0. The molecular weight excluding hydrogens is 464 g/mol. The van der Waals surface area contributed by atoms with Crippen LogP contribution < -0.4 is 14.8 Å². The van der Waals surface area contributed by atoms with E-state index < -0.39 is 20.0 Å². The molecule has 0 spiro atoms. The highest BCUT2D eigenvalue weighted by atomic mass is 32.2. The Kier molecular flexibility index (Phi) is 5.72. The lowest BCUT2D eigenvalue weighted by atomic mass is 10.1. The maximum absolute atomic E-state index is 11.6. The molecule has 2 aromatic carbocycles. The van der Waals surface area contributed by atoms with Gasteiger partial charge in [-0.2, -0.15) is 5.10 Å². The third kappa shape index (κ3) is 5.59. The van der Waals surface area contributed by atoms with Crippen LogP contribution in [0.5, 0.6) is 0 Å². The van der Waals surface area contributed by atoms with Gasteiger partial charge in [-0.25, -0.2) is 26.3 Å². The van der Waals surface area contributed by atoms with Gasteiger partial charge in [-0.3, -0.25) is 9.44 Å². The number of hydrogen-bond acceptors (Lipinski definition) is 7. The van der Waals surface area contributed by atoms with E-state index in [2.05, 4.69) is 24.8 Å². The first-order valence-electron chi connectivity index (χ1n) is 9.75. The zero-order valence-corrected chi connectivity index (χ0v) is 19.7. The summed E-state index contributed by atoms with van der Waals surface area (Å²) in [5.74, 6) is 0.531. The molecule has 12 heteroatoms. The van der Waals surface area contributed by atoms with Crippen molar-refractivity contribution >= 4 is 48.6 Å². The van der Waals surface area contributed by atoms with Crippen LogP contribution in [0.2, 0.25) is 0 Å². The van der Waals surface area contributed by atoms with Crippen molar-refractivity contribution in [2.24, 2.45) is 0 Å². The number of hydrogen-bond donors (Lipinski definition) is 3. The van der Waals surface area contributed by atoms with Crippen LogP contribution in [-0.4, -0.2) is 43.9 Å². The van der Waals surface area contributed by atoms with Crippen molar-refractivity contribution in [2.75, 3.05) is 27.3 Å². The predicted octanol–water partition coefficient (Wildman–Crippen LogP) is 3.19. The molecule has 0 fully saturated rings. The van der Waals surface area contributed by atoms with Gasteiger partial charge in [-0.05, 0) is 48.4 Å². The Labute approximate surface area is 191 Å². The van der Waals surface area contributed by atoms with Crippen LogP contribution in [-0.2, 0) is 20.0 Å². The Hall–Kier alpha value is -3.64. The lowest BCUT2D eigenvalue weighted by Crippen LogP contribution is -2.10. The molecule has 0 aliphatic carbocycles. The van der Waals surface area contributed by atoms with E-state index >= 15 is 0 Å². The lowest BCUT2D eigenvalue weighted by molar-refractivity contribution is 0.605. The Bertz CT molecular complexity index is 1560. The van der Waals surface area contributed by atoms with E-state index in [0.717, 1.165) is 29.2 Å². The molecule has 0 saturated carbocycles. The largest absolute Gasteiger partial charge is 0.340 e. The van der Waals surface area contributed by atoms with Crippen LogP contribution in [0.25, 0.3) is 16.8 Å². The molecule has 0 atom stereocenters. The van der Waals surface area contributed by atoms with Crippen LogP contribution in [0.4, 0.5) is 22.9 Å². The summed E-state index contributed by atoms with van der Waals surface area (Å²) < 4.78 is 53.0. The van der Waals surface area contributed by atoms with Crippen molar-refractivity contribution in [1.82, 2.24) is 14.6 Å². The Balaban J connectivity index is 1.67. The number of benzene rings is 2. The van der Waals surface area contributed by atoms with Crippen LogP contribution >= 0.6 is 0 Å². The third-order valence-corrected chi connectivity index (χ3v) is 5.85. The fourth-order valence-corrected chi connectivity index (χ4v) is 4.44. The van der Waals surface area contributed by atoms with Crippen LogP contribution in [0.3, 0.4) is 0 Å². The van der Waals surface area contributed by atoms with Gasteiger partial charge in [0.25, 0.3) is 0 Å². The second-order valence-electron chi connectivity index (χ2n) is 7.62. The molecule has 10 nitrogen and oxygen atoms in total. The summed E-state index contributed by atoms with van der Waals surface area (Å²) in [5, 5.41) is 7.51. The zero-order valence-electron chi connectivity index (χ0n) is 18.1. The first-order chi connectivity index (χ1) is 15.5. The van der Waals surface area contributed by atoms with Crippen molar-refractivity contribution < 1.29 is 16.8 Å². The van der Waals surface area contributed by atoms with Gasteiger partial charge in [0.15, 0.2) is 5.65 Å². The number of aromatic nitrogens is 3. The lowest BCUT2D eigenvalue weighted by Gasteiger charge is -2.12. The molecule has 172 valence electrons. The summed E-state index contributed by atoms with van der Waals surface area (Å²) in [6, 6.07) is 14.0. The van der Waals surface area contributed by atoms with Crippen LogP contribution in [0.15, 0.2) is 60.9 Å². The van der Waals surface area contributed by atoms with E-state index in [1.165, 1.54) is 0 Å². The molecule has 0 radical (unpaired) electrons. The van der Waals surface area contributed by atoms with E-state index in [9.17, 15) is 16.8 Å². The molecule has 3 N–H and O–H groups in total. The minimum Gasteiger partial charge on any atom is -0.340 e. The SMILES string of the molecule is Cc1ccc(Nc2ccn3ncc(-c4cccc(NS(C)(=O)=O)c4)c3n2)cc1NS(C)(=O)=O. The molecule has 0 bridgehead atoms. The number of nitrogens with zero attached hydrogens (tertiary/aromatic N) is 3. The molecule has 0 aliphatic heterocycles. The number of aryl methyl sites for hydroxylation is 1. The molecule has 0 saturated heterocycles. The molecule has 33 heavy (non-hydrogen) atoms. The highest BCUT2D eigenvalue weighted by Gasteiger charge is 2.12. The van der Waals surface area contributed by atoms with Gasteiger partial charge < -0.3 is 5.32 Å². The summed E-state index contributed by atoms with van der Waals surface area (Å²) in [6.07, 6.45) is 5.60. The maximum Gasteiger partial charge on any atom is 0.229 e. The van der Waals surface area contributed by atoms with Gasteiger partial charge in [0, 0.05) is 23.1 Å². The van der Waals surface area contributed by atoms with Crippen molar-refractivity contribution in [3.05, 3.63) is 66.5 Å². The topological polar surface area (TPSA) is 135 Å². The van der Waals surface area contributed by atoms with Gasteiger partial charge >= 0.3 is 0 Å². The van der Waals surface area contributed by atoms with Gasteiger partial charge in [0.05, 0.1) is 24.4 Å². The number of fused-ring (bicyclic) bond motifs is 1. The number of nitrogens with one attached hydrogen (secondary N) is 3. The molecule has 4 rings (SSSR count). The number of anilines is 4. The van der Waals surface area contributed by atoms with E-state index in [-0.39, 0.29) is 0 Å². The average molecular weight is 487 g/mol. The quantitative estimate of drug-likeness (QED) is 0.365. The normalized spacial score (nSPS) is 12.0. The molecular formula is C21H22N6O4S2. The highest BCUT2D eigenvalue weighted by Crippen LogP contribution is 2.28. The van der Waals surface area contributed by atoms with Crippen molar-refractivity contribution in [2.45, 2.75) is 6.92 Å². The van der Waals surface area contributed by atoms with Gasteiger partial charge in [-0.15, -0.1) is 0 Å². The third-order valence-electron chi connectivity index (χ3n) is 4.65. The monoisotopic (exact) mass is 486 g/mol. The van der Waals surface area contributed by atoms with Crippen molar-refractivity contribution in [3.8, 4) is 11.1 Å². The highest BCUT2D eigenvalue weighted by molar-refractivity contribution is 7.92. The predicted molar refractivity (Wildman–Crippen MR) is 130 cm³/mol.